The summed E-state index contributed by atoms with van der Waals surface area (Å²) in [5.74, 6) is -1.57. The summed E-state index contributed by atoms with van der Waals surface area (Å²) < 4.78 is 6.64. The van der Waals surface area contributed by atoms with Crippen molar-refractivity contribution in [2.24, 2.45) is 0 Å². The summed E-state index contributed by atoms with van der Waals surface area (Å²) in [5.41, 5.74) is 0.543. The highest BCUT2D eigenvalue weighted by atomic mass is 32.2. The highest BCUT2D eigenvalue weighted by Gasteiger charge is 2.34. The molecule has 9 heteroatoms. The molecule has 1 amide bonds. The first-order chi connectivity index (χ1) is 11.9. The lowest BCUT2D eigenvalue weighted by atomic mass is 10.0. The van der Waals surface area contributed by atoms with Crippen molar-refractivity contribution < 1.29 is 19.4 Å². The molecule has 1 heterocycles. The number of carbonyl (C=O) groups excluding carboxylic acids is 1. The Balaban J connectivity index is 2.02. The zero-order chi connectivity index (χ0) is 18.4. The van der Waals surface area contributed by atoms with Crippen LogP contribution in [0.4, 0.5) is 0 Å². The topological polar surface area (TPSA) is 106 Å². The SMILES string of the molecule is COCC(C)(NC(=O)CSc1nncn1-c1ccc(C)cc1)C(=O)O. The van der Waals surface area contributed by atoms with E-state index in [0.29, 0.717) is 5.16 Å². The number of thioether (sulfide) groups is 1. The quantitative estimate of drug-likeness (QED) is 0.680. The number of aryl methyl sites for hydroxylation is 1. The van der Waals surface area contributed by atoms with Crippen LogP contribution < -0.4 is 5.32 Å². The van der Waals surface area contributed by atoms with Crippen LogP contribution in [0.3, 0.4) is 0 Å². The van der Waals surface area contributed by atoms with Crippen LogP contribution in [0, 0.1) is 6.92 Å². The third kappa shape index (κ3) is 4.80. The summed E-state index contributed by atoms with van der Waals surface area (Å²) in [4.78, 5) is 23.4. The van der Waals surface area contributed by atoms with E-state index in [4.69, 9.17) is 4.74 Å². The second-order valence-electron chi connectivity index (χ2n) is 5.73. The first kappa shape index (κ1) is 18.9. The molecule has 0 saturated carbocycles. The maximum absolute atomic E-state index is 12.1. The largest absolute Gasteiger partial charge is 0.479 e. The van der Waals surface area contributed by atoms with Crippen molar-refractivity contribution in [3.63, 3.8) is 0 Å². The third-order valence-electron chi connectivity index (χ3n) is 3.48. The average molecular weight is 364 g/mol. The number of hydrogen-bond acceptors (Lipinski definition) is 6. The molecule has 0 aliphatic heterocycles. The normalized spacial score (nSPS) is 13.2. The number of amides is 1. The summed E-state index contributed by atoms with van der Waals surface area (Å²) in [6.07, 6.45) is 1.57. The molecule has 134 valence electrons. The van der Waals surface area contributed by atoms with Crippen LogP contribution in [0.25, 0.3) is 5.69 Å². The molecule has 0 bridgehead atoms. The monoisotopic (exact) mass is 364 g/mol. The van der Waals surface area contributed by atoms with Gasteiger partial charge in [0.25, 0.3) is 0 Å². The predicted octanol–water partition coefficient (Wildman–Crippen LogP) is 1.27. The Labute approximate surface area is 149 Å². The van der Waals surface area contributed by atoms with Crippen LogP contribution in [-0.4, -0.2) is 56.8 Å². The Morgan fingerprint density at radius 1 is 1.36 bits per heavy atom. The number of aliphatic carboxylic acids is 1. The van der Waals surface area contributed by atoms with Gasteiger partial charge in [0.2, 0.25) is 5.91 Å². The molecule has 0 aliphatic carbocycles. The van der Waals surface area contributed by atoms with Crippen molar-refractivity contribution in [1.82, 2.24) is 20.1 Å². The van der Waals surface area contributed by atoms with E-state index < -0.39 is 17.4 Å². The van der Waals surface area contributed by atoms with Crippen LogP contribution in [0.5, 0.6) is 0 Å². The van der Waals surface area contributed by atoms with Crippen LogP contribution >= 0.6 is 11.8 Å². The standard InChI is InChI=1S/C16H20N4O4S/c1-11-4-6-12(7-5-11)20-10-17-19-15(20)25-8-13(21)18-16(2,9-24-3)14(22)23/h4-7,10H,8-9H2,1-3H3,(H,18,21)(H,22,23). The predicted molar refractivity (Wildman–Crippen MR) is 92.9 cm³/mol. The van der Waals surface area contributed by atoms with Gasteiger partial charge in [0.15, 0.2) is 10.7 Å². The number of hydrogen-bond donors (Lipinski definition) is 2. The van der Waals surface area contributed by atoms with Gasteiger partial charge < -0.3 is 15.2 Å². The molecular formula is C16H20N4O4S. The molecule has 1 unspecified atom stereocenters. The van der Waals surface area contributed by atoms with Gasteiger partial charge in [-0.2, -0.15) is 0 Å². The smallest absolute Gasteiger partial charge is 0.331 e. The Bertz CT molecular complexity index is 747. The Morgan fingerprint density at radius 2 is 2.04 bits per heavy atom. The number of ether oxygens (including phenoxy) is 1. The molecule has 0 aliphatic rings. The minimum atomic E-state index is -1.48. The van der Waals surface area contributed by atoms with Crippen molar-refractivity contribution in [2.75, 3.05) is 19.5 Å². The molecule has 0 fully saturated rings. The van der Waals surface area contributed by atoms with Crippen molar-refractivity contribution in [3.8, 4) is 5.69 Å². The highest BCUT2D eigenvalue weighted by molar-refractivity contribution is 7.99. The van der Waals surface area contributed by atoms with E-state index in [1.165, 1.54) is 25.8 Å². The molecule has 1 aromatic heterocycles. The highest BCUT2D eigenvalue weighted by Crippen LogP contribution is 2.20. The molecule has 2 aromatic rings. The Kier molecular flexibility index (Phi) is 6.16. The average Bonchev–Trinajstić information content (AvgIpc) is 3.02. The zero-order valence-electron chi connectivity index (χ0n) is 14.2. The Morgan fingerprint density at radius 3 is 2.64 bits per heavy atom. The van der Waals surface area contributed by atoms with E-state index >= 15 is 0 Å². The summed E-state index contributed by atoms with van der Waals surface area (Å²) >= 11 is 1.17. The number of carbonyl (C=O) groups is 2. The van der Waals surface area contributed by atoms with E-state index in [9.17, 15) is 14.7 Å². The molecule has 1 atom stereocenters. The van der Waals surface area contributed by atoms with Gasteiger partial charge in [0.1, 0.15) is 6.33 Å². The maximum Gasteiger partial charge on any atom is 0.331 e. The van der Waals surface area contributed by atoms with Crippen molar-refractivity contribution in [1.29, 1.82) is 0 Å². The van der Waals surface area contributed by atoms with Gasteiger partial charge in [0.05, 0.1) is 12.4 Å². The molecule has 8 nitrogen and oxygen atoms in total. The van der Waals surface area contributed by atoms with E-state index in [-0.39, 0.29) is 12.4 Å². The lowest BCUT2D eigenvalue weighted by molar-refractivity contribution is -0.148. The van der Waals surface area contributed by atoms with Gasteiger partial charge in [-0.3, -0.25) is 9.36 Å². The van der Waals surface area contributed by atoms with E-state index in [1.54, 1.807) is 10.9 Å². The molecule has 2 N–H and O–H groups in total. The molecule has 0 saturated heterocycles. The number of nitrogens with one attached hydrogen (secondary N) is 1. The van der Waals surface area contributed by atoms with Gasteiger partial charge in [-0.05, 0) is 26.0 Å². The lowest BCUT2D eigenvalue weighted by Crippen LogP contribution is -2.55. The third-order valence-corrected chi connectivity index (χ3v) is 4.42. The first-order valence-electron chi connectivity index (χ1n) is 7.49. The van der Waals surface area contributed by atoms with Gasteiger partial charge in [0, 0.05) is 12.8 Å². The van der Waals surface area contributed by atoms with Crippen molar-refractivity contribution in [3.05, 3.63) is 36.2 Å². The van der Waals surface area contributed by atoms with E-state index in [0.717, 1.165) is 11.3 Å². The van der Waals surface area contributed by atoms with Gasteiger partial charge >= 0.3 is 5.97 Å². The minimum absolute atomic E-state index is 0.0111. The number of aromatic nitrogens is 3. The van der Waals surface area contributed by atoms with Crippen LogP contribution in [0.1, 0.15) is 12.5 Å². The number of carboxylic acid groups (broad SMARTS) is 1. The second kappa shape index (κ2) is 8.13. The number of methoxy groups -OCH3 is 1. The van der Waals surface area contributed by atoms with Gasteiger partial charge in [-0.1, -0.05) is 29.5 Å². The zero-order valence-corrected chi connectivity index (χ0v) is 15.0. The van der Waals surface area contributed by atoms with Gasteiger partial charge in [-0.15, -0.1) is 10.2 Å². The summed E-state index contributed by atoms with van der Waals surface area (Å²) in [7, 11) is 1.38. The Hall–Kier alpha value is -2.39. The summed E-state index contributed by atoms with van der Waals surface area (Å²) in [6.45, 7) is 3.27. The second-order valence-corrected chi connectivity index (χ2v) is 6.67. The lowest BCUT2D eigenvalue weighted by Gasteiger charge is -2.25. The molecule has 0 radical (unpaired) electrons. The molecule has 2 rings (SSSR count). The van der Waals surface area contributed by atoms with E-state index in [1.807, 2.05) is 31.2 Å². The summed E-state index contributed by atoms with van der Waals surface area (Å²) in [6, 6.07) is 7.81. The first-order valence-corrected chi connectivity index (χ1v) is 8.47. The number of carboxylic acids is 1. The van der Waals surface area contributed by atoms with Crippen LogP contribution in [0.2, 0.25) is 0 Å². The summed E-state index contributed by atoms with van der Waals surface area (Å²) in [5, 5.41) is 20.2. The fraction of sp³-hybridized carbons (Fsp3) is 0.375. The van der Waals surface area contributed by atoms with Gasteiger partial charge in [-0.25, -0.2) is 4.79 Å². The number of nitrogens with zero attached hydrogens (tertiary/aromatic N) is 3. The van der Waals surface area contributed by atoms with Crippen molar-refractivity contribution in [2.45, 2.75) is 24.5 Å². The fourth-order valence-corrected chi connectivity index (χ4v) is 2.85. The fourth-order valence-electron chi connectivity index (χ4n) is 2.12. The minimum Gasteiger partial charge on any atom is -0.479 e. The van der Waals surface area contributed by atoms with Crippen LogP contribution in [0.15, 0.2) is 35.7 Å². The number of rotatable bonds is 8. The maximum atomic E-state index is 12.1. The molecule has 0 spiro atoms. The van der Waals surface area contributed by atoms with Crippen molar-refractivity contribution >= 4 is 23.6 Å². The molecule has 25 heavy (non-hydrogen) atoms. The van der Waals surface area contributed by atoms with Crippen LogP contribution in [-0.2, 0) is 14.3 Å². The molecular weight excluding hydrogens is 344 g/mol. The molecule has 1 aromatic carbocycles. The van der Waals surface area contributed by atoms with E-state index in [2.05, 4.69) is 15.5 Å². The number of benzene rings is 1.